The Morgan fingerprint density at radius 1 is 1.29 bits per heavy atom. The van der Waals surface area contributed by atoms with Crippen molar-refractivity contribution in [3.8, 4) is 0 Å². The van der Waals surface area contributed by atoms with Gasteiger partial charge in [-0.2, -0.15) is 0 Å². The Hall–Kier alpha value is -1.91. The number of amides is 1. The molecule has 0 saturated heterocycles. The minimum atomic E-state index is -0.909. The average molecular weight is 293 g/mol. The highest BCUT2D eigenvalue weighted by Crippen LogP contribution is 2.36. The standard InChI is InChI=1S/C16H20FNO3/c1-10-8-12(13(9-10)16(20)21)15(19)18-7-6-11-4-2-3-5-14(11)17/h2-5,10,12-13H,6-9H2,1H3,(H,18,19)(H,20,21)/t10?,12-,13+/m0/s1. The van der Waals surface area contributed by atoms with Gasteiger partial charge in [-0.05, 0) is 36.8 Å². The number of carboxylic acids is 1. The molecule has 21 heavy (non-hydrogen) atoms. The molecule has 0 bridgehead atoms. The normalized spacial score (nSPS) is 24.8. The highest BCUT2D eigenvalue weighted by Gasteiger charge is 2.40. The molecule has 1 amide bonds. The summed E-state index contributed by atoms with van der Waals surface area (Å²) in [5.41, 5.74) is 0.548. The fraction of sp³-hybridized carbons (Fsp3) is 0.500. The van der Waals surface area contributed by atoms with Crippen LogP contribution in [0.4, 0.5) is 4.39 Å². The highest BCUT2D eigenvalue weighted by molar-refractivity contribution is 5.85. The number of rotatable bonds is 5. The van der Waals surface area contributed by atoms with E-state index < -0.39 is 17.8 Å². The molecule has 0 spiro atoms. The number of carbonyl (C=O) groups is 2. The molecule has 1 aliphatic carbocycles. The van der Waals surface area contributed by atoms with Crippen molar-refractivity contribution in [3.63, 3.8) is 0 Å². The number of hydrogen-bond acceptors (Lipinski definition) is 2. The Morgan fingerprint density at radius 3 is 2.62 bits per heavy atom. The summed E-state index contributed by atoms with van der Waals surface area (Å²) in [4.78, 5) is 23.3. The lowest BCUT2D eigenvalue weighted by molar-refractivity contribution is -0.146. The summed E-state index contributed by atoms with van der Waals surface area (Å²) < 4.78 is 13.4. The number of carbonyl (C=O) groups excluding carboxylic acids is 1. The zero-order valence-corrected chi connectivity index (χ0v) is 12.0. The fourth-order valence-corrected chi connectivity index (χ4v) is 3.01. The summed E-state index contributed by atoms with van der Waals surface area (Å²) in [5, 5.41) is 11.9. The van der Waals surface area contributed by atoms with Gasteiger partial charge in [-0.25, -0.2) is 4.39 Å². The summed E-state index contributed by atoms with van der Waals surface area (Å²) in [6.07, 6.45) is 1.54. The molecule has 1 aromatic rings. The van der Waals surface area contributed by atoms with E-state index in [1.54, 1.807) is 18.2 Å². The van der Waals surface area contributed by atoms with E-state index in [9.17, 15) is 14.0 Å². The number of carboxylic acid groups (broad SMARTS) is 1. The van der Waals surface area contributed by atoms with E-state index in [0.717, 1.165) is 0 Å². The molecule has 1 saturated carbocycles. The Bertz CT molecular complexity index is 532. The molecule has 3 atom stereocenters. The van der Waals surface area contributed by atoms with Crippen LogP contribution in [0.3, 0.4) is 0 Å². The van der Waals surface area contributed by atoms with Gasteiger partial charge in [-0.15, -0.1) is 0 Å². The van der Waals surface area contributed by atoms with E-state index >= 15 is 0 Å². The predicted octanol–water partition coefficient (Wildman–Crippen LogP) is 2.23. The first kappa shape index (κ1) is 15.5. The number of hydrogen-bond donors (Lipinski definition) is 2. The second kappa shape index (κ2) is 6.70. The minimum absolute atomic E-state index is 0.233. The molecule has 4 nitrogen and oxygen atoms in total. The molecule has 1 aromatic carbocycles. The van der Waals surface area contributed by atoms with Crippen LogP contribution in [-0.2, 0) is 16.0 Å². The molecule has 1 unspecified atom stereocenters. The molecule has 114 valence electrons. The Labute approximate surface area is 123 Å². The van der Waals surface area contributed by atoms with E-state index in [2.05, 4.69) is 5.32 Å². The Morgan fingerprint density at radius 2 is 1.95 bits per heavy atom. The number of nitrogens with one attached hydrogen (secondary N) is 1. The van der Waals surface area contributed by atoms with Gasteiger partial charge in [0.2, 0.25) is 5.91 Å². The van der Waals surface area contributed by atoms with Crippen molar-refractivity contribution in [1.29, 1.82) is 0 Å². The maximum Gasteiger partial charge on any atom is 0.307 e. The third kappa shape index (κ3) is 3.80. The van der Waals surface area contributed by atoms with Crippen molar-refractivity contribution in [2.24, 2.45) is 17.8 Å². The molecule has 0 aromatic heterocycles. The third-order valence-electron chi connectivity index (χ3n) is 4.10. The molecular weight excluding hydrogens is 273 g/mol. The van der Waals surface area contributed by atoms with Crippen LogP contribution in [0, 0.1) is 23.6 Å². The van der Waals surface area contributed by atoms with Crippen molar-refractivity contribution in [3.05, 3.63) is 35.6 Å². The van der Waals surface area contributed by atoms with Crippen molar-refractivity contribution >= 4 is 11.9 Å². The average Bonchev–Trinajstić information content (AvgIpc) is 2.83. The van der Waals surface area contributed by atoms with E-state index in [4.69, 9.17) is 5.11 Å². The molecule has 2 N–H and O–H groups in total. The maximum atomic E-state index is 13.4. The Kier molecular flexibility index (Phi) is 4.94. The van der Waals surface area contributed by atoms with Crippen molar-refractivity contribution in [2.45, 2.75) is 26.2 Å². The largest absolute Gasteiger partial charge is 0.481 e. The third-order valence-corrected chi connectivity index (χ3v) is 4.10. The first-order valence-corrected chi connectivity index (χ1v) is 7.23. The van der Waals surface area contributed by atoms with Gasteiger partial charge in [-0.1, -0.05) is 25.1 Å². The van der Waals surface area contributed by atoms with Crippen LogP contribution in [0.15, 0.2) is 24.3 Å². The predicted molar refractivity (Wildman–Crippen MR) is 76.1 cm³/mol. The van der Waals surface area contributed by atoms with Crippen LogP contribution in [0.1, 0.15) is 25.3 Å². The second-order valence-corrected chi connectivity index (χ2v) is 5.76. The van der Waals surface area contributed by atoms with Crippen molar-refractivity contribution in [2.75, 3.05) is 6.54 Å². The van der Waals surface area contributed by atoms with Gasteiger partial charge in [0.15, 0.2) is 0 Å². The molecule has 5 heteroatoms. The molecule has 1 aliphatic rings. The quantitative estimate of drug-likeness (QED) is 0.875. The highest BCUT2D eigenvalue weighted by atomic mass is 19.1. The van der Waals surface area contributed by atoms with Gasteiger partial charge in [0, 0.05) is 6.54 Å². The first-order chi connectivity index (χ1) is 9.99. The van der Waals surface area contributed by atoms with Crippen LogP contribution < -0.4 is 5.32 Å². The van der Waals surface area contributed by atoms with Crippen LogP contribution in [-0.4, -0.2) is 23.5 Å². The van der Waals surface area contributed by atoms with E-state index in [1.807, 2.05) is 6.92 Å². The van der Waals surface area contributed by atoms with Crippen LogP contribution >= 0.6 is 0 Å². The lowest BCUT2D eigenvalue weighted by Gasteiger charge is -2.15. The van der Waals surface area contributed by atoms with Crippen molar-refractivity contribution < 1.29 is 19.1 Å². The van der Waals surface area contributed by atoms with E-state index in [-0.39, 0.29) is 17.6 Å². The topological polar surface area (TPSA) is 66.4 Å². The van der Waals surface area contributed by atoms with Crippen LogP contribution in [0.25, 0.3) is 0 Å². The summed E-state index contributed by atoms with van der Waals surface area (Å²) in [6.45, 7) is 2.28. The van der Waals surface area contributed by atoms with E-state index in [1.165, 1.54) is 6.07 Å². The fourth-order valence-electron chi connectivity index (χ4n) is 3.01. The van der Waals surface area contributed by atoms with Gasteiger partial charge >= 0.3 is 5.97 Å². The number of halogens is 1. The van der Waals surface area contributed by atoms with E-state index in [0.29, 0.717) is 31.4 Å². The SMILES string of the molecule is CC1C[C@H](C(=O)NCCc2ccccc2F)[C@H](C(=O)O)C1. The lowest BCUT2D eigenvalue weighted by Crippen LogP contribution is -2.36. The zero-order valence-electron chi connectivity index (χ0n) is 12.0. The summed E-state index contributed by atoms with van der Waals surface area (Å²) in [6, 6.07) is 6.43. The van der Waals surface area contributed by atoms with Crippen molar-refractivity contribution in [1.82, 2.24) is 5.32 Å². The zero-order chi connectivity index (χ0) is 15.4. The molecule has 0 radical (unpaired) electrons. The van der Waals surface area contributed by atoms with Gasteiger partial charge in [-0.3, -0.25) is 9.59 Å². The molecule has 2 rings (SSSR count). The molecule has 1 fully saturated rings. The number of benzene rings is 1. The van der Waals surface area contributed by atoms with Gasteiger partial charge < -0.3 is 10.4 Å². The second-order valence-electron chi connectivity index (χ2n) is 5.76. The maximum absolute atomic E-state index is 13.4. The summed E-state index contributed by atoms with van der Waals surface area (Å²) >= 11 is 0. The van der Waals surface area contributed by atoms with Gasteiger partial charge in [0.1, 0.15) is 5.82 Å². The lowest BCUT2D eigenvalue weighted by atomic mass is 9.95. The Balaban J connectivity index is 1.87. The minimum Gasteiger partial charge on any atom is -0.481 e. The smallest absolute Gasteiger partial charge is 0.307 e. The van der Waals surface area contributed by atoms with Crippen LogP contribution in [0.2, 0.25) is 0 Å². The molecule has 0 aliphatic heterocycles. The monoisotopic (exact) mass is 293 g/mol. The van der Waals surface area contributed by atoms with Crippen LogP contribution in [0.5, 0.6) is 0 Å². The summed E-state index contributed by atoms with van der Waals surface area (Å²) in [5.74, 6) is -2.26. The van der Waals surface area contributed by atoms with Gasteiger partial charge in [0.05, 0.1) is 11.8 Å². The summed E-state index contributed by atoms with van der Waals surface area (Å²) in [7, 11) is 0. The first-order valence-electron chi connectivity index (χ1n) is 7.23. The molecule has 0 heterocycles. The van der Waals surface area contributed by atoms with Gasteiger partial charge in [0.25, 0.3) is 0 Å². The molecular formula is C16H20FNO3. The number of aliphatic carboxylic acids is 1.